The summed E-state index contributed by atoms with van der Waals surface area (Å²) in [5.41, 5.74) is 4.17. The highest BCUT2D eigenvalue weighted by Gasteiger charge is 2.27. The van der Waals surface area contributed by atoms with Crippen LogP contribution in [0.25, 0.3) is 11.3 Å². The maximum Gasteiger partial charge on any atom is 0.150 e. The molecule has 0 bridgehead atoms. The third kappa shape index (κ3) is 4.66. The van der Waals surface area contributed by atoms with Crippen molar-refractivity contribution in [2.75, 3.05) is 18.1 Å². The van der Waals surface area contributed by atoms with Gasteiger partial charge in [0.05, 0.1) is 23.7 Å². The summed E-state index contributed by atoms with van der Waals surface area (Å²) in [5, 5.41) is 8.22. The van der Waals surface area contributed by atoms with Crippen LogP contribution in [0.2, 0.25) is 0 Å². The normalized spacial score (nSPS) is 18.4. The molecule has 1 atom stereocenters. The molecule has 146 valence electrons. The molecule has 0 aliphatic carbocycles. The molecule has 3 aromatic rings. The average Bonchev–Trinajstić information content (AvgIpc) is 3.26. The van der Waals surface area contributed by atoms with Gasteiger partial charge in [-0.2, -0.15) is 5.10 Å². The molecule has 1 aromatic carbocycles. The summed E-state index contributed by atoms with van der Waals surface area (Å²) in [6.45, 7) is 2.06. The molecule has 1 aliphatic heterocycles. The Morgan fingerprint density at radius 2 is 2.00 bits per heavy atom. The largest absolute Gasteiger partial charge is 0.312 e. The molecule has 1 unspecified atom stereocenters. The zero-order valence-corrected chi connectivity index (χ0v) is 16.5. The lowest BCUT2D eigenvalue weighted by Gasteiger charge is -2.09. The van der Waals surface area contributed by atoms with Gasteiger partial charge in [-0.15, -0.1) is 0 Å². The molecule has 3 heterocycles. The van der Waals surface area contributed by atoms with E-state index in [2.05, 4.69) is 28.6 Å². The second-order valence-corrected chi connectivity index (χ2v) is 9.56. The SMILES string of the molecule is O=S1(=O)CCC(CNCc2cn(Cc3ccccc3)nc2-c2cccnc2)C1. The van der Waals surface area contributed by atoms with E-state index in [0.717, 1.165) is 23.2 Å². The molecule has 0 spiro atoms. The standard InChI is InChI=1S/C21H24N4O2S/c26-28(27)10-8-18(16-28)11-23-13-20-15-25(14-17-5-2-1-3-6-17)24-21(20)19-7-4-9-22-12-19/h1-7,9,12,15,18,23H,8,10-11,13-14,16H2. The second kappa shape index (κ2) is 8.24. The van der Waals surface area contributed by atoms with Crippen LogP contribution in [0.4, 0.5) is 0 Å². The first kappa shape index (κ1) is 18.8. The average molecular weight is 397 g/mol. The maximum atomic E-state index is 11.6. The molecule has 1 aliphatic rings. The quantitative estimate of drug-likeness (QED) is 0.664. The van der Waals surface area contributed by atoms with Crippen LogP contribution >= 0.6 is 0 Å². The Hall–Kier alpha value is -2.51. The molecule has 28 heavy (non-hydrogen) atoms. The van der Waals surface area contributed by atoms with Gasteiger partial charge in [0, 0.05) is 36.3 Å². The van der Waals surface area contributed by atoms with Gasteiger partial charge >= 0.3 is 0 Å². The van der Waals surface area contributed by atoms with Crippen LogP contribution in [-0.2, 0) is 22.9 Å². The lowest BCUT2D eigenvalue weighted by Crippen LogP contribution is -2.23. The van der Waals surface area contributed by atoms with Crippen LogP contribution in [0.5, 0.6) is 0 Å². The number of nitrogens with one attached hydrogen (secondary N) is 1. The van der Waals surface area contributed by atoms with Crippen molar-refractivity contribution < 1.29 is 8.42 Å². The smallest absolute Gasteiger partial charge is 0.150 e. The van der Waals surface area contributed by atoms with Gasteiger partial charge in [-0.1, -0.05) is 30.3 Å². The minimum absolute atomic E-state index is 0.200. The van der Waals surface area contributed by atoms with E-state index in [1.54, 1.807) is 6.20 Å². The van der Waals surface area contributed by atoms with Crippen molar-refractivity contribution in [2.24, 2.45) is 5.92 Å². The predicted octanol–water partition coefficient (Wildman–Crippen LogP) is 2.52. The van der Waals surface area contributed by atoms with Crippen molar-refractivity contribution in [3.05, 3.63) is 72.2 Å². The molecule has 7 heteroatoms. The van der Waals surface area contributed by atoms with E-state index in [1.807, 2.05) is 41.2 Å². The van der Waals surface area contributed by atoms with Crippen molar-refractivity contribution >= 4 is 9.84 Å². The highest BCUT2D eigenvalue weighted by atomic mass is 32.2. The number of nitrogens with zero attached hydrogens (tertiary/aromatic N) is 3. The van der Waals surface area contributed by atoms with Gasteiger partial charge in [-0.05, 0) is 36.6 Å². The Morgan fingerprint density at radius 1 is 1.14 bits per heavy atom. The first-order valence-electron chi connectivity index (χ1n) is 9.51. The number of rotatable bonds is 7. The topological polar surface area (TPSA) is 76.9 Å². The molecule has 1 fully saturated rings. The highest BCUT2D eigenvalue weighted by Crippen LogP contribution is 2.22. The number of benzene rings is 1. The highest BCUT2D eigenvalue weighted by molar-refractivity contribution is 7.91. The fourth-order valence-electron chi connectivity index (χ4n) is 3.63. The van der Waals surface area contributed by atoms with E-state index < -0.39 is 9.84 Å². The van der Waals surface area contributed by atoms with Crippen LogP contribution in [-0.4, -0.2) is 41.2 Å². The molecular formula is C21H24N4O2S. The van der Waals surface area contributed by atoms with E-state index >= 15 is 0 Å². The Balaban J connectivity index is 1.49. The number of pyridine rings is 1. The lowest BCUT2D eigenvalue weighted by atomic mass is 10.1. The fourth-order valence-corrected chi connectivity index (χ4v) is 5.50. The Labute approximate surface area is 165 Å². The molecule has 0 saturated carbocycles. The molecule has 1 N–H and O–H groups in total. The molecule has 2 aromatic heterocycles. The third-order valence-electron chi connectivity index (χ3n) is 5.04. The third-order valence-corrected chi connectivity index (χ3v) is 6.87. The molecule has 0 amide bonds. The van der Waals surface area contributed by atoms with E-state index in [4.69, 9.17) is 5.10 Å². The first-order valence-corrected chi connectivity index (χ1v) is 11.3. The van der Waals surface area contributed by atoms with E-state index in [-0.39, 0.29) is 5.92 Å². The summed E-state index contributed by atoms with van der Waals surface area (Å²) in [4.78, 5) is 4.22. The second-order valence-electron chi connectivity index (χ2n) is 7.33. The summed E-state index contributed by atoms with van der Waals surface area (Å²) in [7, 11) is -2.84. The van der Waals surface area contributed by atoms with Crippen LogP contribution in [0, 0.1) is 5.92 Å². The van der Waals surface area contributed by atoms with Crippen molar-refractivity contribution in [1.82, 2.24) is 20.1 Å². The molecule has 6 nitrogen and oxygen atoms in total. The Bertz CT molecular complexity index is 1020. The van der Waals surface area contributed by atoms with Gasteiger partial charge < -0.3 is 5.32 Å². The van der Waals surface area contributed by atoms with Gasteiger partial charge in [0.1, 0.15) is 0 Å². The molecule has 0 radical (unpaired) electrons. The zero-order valence-electron chi connectivity index (χ0n) is 15.7. The summed E-state index contributed by atoms with van der Waals surface area (Å²) < 4.78 is 25.2. The van der Waals surface area contributed by atoms with Gasteiger partial charge in [0.25, 0.3) is 0 Å². The van der Waals surface area contributed by atoms with Crippen LogP contribution in [0.15, 0.2) is 61.1 Å². The number of aromatic nitrogens is 3. The Kier molecular flexibility index (Phi) is 5.54. The molecule has 4 rings (SSSR count). The number of hydrogen-bond acceptors (Lipinski definition) is 5. The molecule has 1 saturated heterocycles. The van der Waals surface area contributed by atoms with E-state index in [0.29, 0.717) is 31.1 Å². The van der Waals surface area contributed by atoms with Crippen molar-refractivity contribution in [3.8, 4) is 11.3 Å². The zero-order chi connectivity index (χ0) is 19.4. The summed E-state index contributed by atoms with van der Waals surface area (Å²) in [5.74, 6) is 0.809. The minimum atomic E-state index is -2.84. The number of hydrogen-bond donors (Lipinski definition) is 1. The summed E-state index contributed by atoms with van der Waals surface area (Å²) >= 11 is 0. The summed E-state index contributed by atoms with van der Waals surface area (Å²) in [6.07, 6.45) is 6.39. The van der Waals surface area contributed by atoms with Gasteiger partial charge in [0.2, 0.25) is 0 Å². The lowest BCUT2D eigenvalue weighted by molar-refractivity contribution is 0.521. The first-order chi connectivity index (χ1) is 13.6. The van der Waals surface area contributed by atoms with Gasteiger partial charge in [-0.25, -0.2) is 8.42 Å². The predicted molar refractivity (Wildman–Crippen MR) is 109 cm³/mol. The van der Waals surface area contributed by atoms with Crippen molar-refractivity contribution in [1.29, 1.82) is 0 Å². The van der Waals surface area contributed by atoms with Crippen LogP contribution in [0.3, 0.4) is 0 Å². The van der Waals surface area contributed by atoms with Crippen molar-refractivity contribution in [3.63, 3.8) is 0 Å². The molecular weight excluding hydrogens is 372 g/mol. The number of sulfone groups is 1. The minimum Gasteiger partial charge on any atom is -0.312 e. The summed E-state index contributed by atoms with van der Waals surface area (Å²) in [6, 6.07) is 14.2. The van der Waals surface area contributed by atoms with Crippen LogP contribution in [0.1, 0.15) is 17.5 Å². The maximum absolute atomic E-state index is 11.6. The van der Waals surface area contributed by atoms with Gasteiger partial charge in [0.15, 0.2) is 9.84 Å². The monoisotopic (exact) mass is 396 g/mol. The fraction of sp³-hybridized carbons (Fsp3) is 0.333. The van der Waals surface area contributed by atoms with E-state index in [9.17, 15) is 8.42 Å². The van der Waals surface area contributed by atoms with Crippen LogP contribution < -0.4 is 5.32 Å². The van der Waals surface area contributed by atoms with Crippen molar-refractivity contribution in [2.45, 2.75) is 19.5 Å². The van der Waals surface area contributed by atoms with E-state index in [1.165, 1.54) is 5.56 Å². The van der Waals surface area contributed by atoms with Gasteiger partial charge in [-0.3, -0.25) is 9.67 Å². The Morgan fingerprint density at radius 3 is 2.71 bits per heavy atom.